The Bertz CT molecular complexity index is 668. The molecule has 6 nitrogen and oxygen atoms in total. The number of amides is 1. The SMILES string of the molecule is COC(=O)CCc1c(C)[nH]c(/C=C2\NC(=O)C=C2OC)c1C. The van der Waals surface area contributed by atoms with Crippen molar-refractivity contribution in [3.63, 3.8) is 0 Å². The predicted octanol–water partition coefficient (Wildman–Crippen LogP) is 1.74. The van der Waals surface area contributed by atoms with Crippen molar-refractivity contribution in [2.75, 3.05) is 14.2 Å². The summed E-state index contributed by atoms with van der Waals surface area (Å²) in [6.45, 7) is 3.94. The molecule has 6 heteroatoms. The summed E-state index contributed by atoms with van der Waals surface area (Å²) < 4.78 is 9.85. The van der Waals surface area contributed by atoms with Gasteiger partial charge in [-0.15, -0.1) is 0 Å². The molecule has 118 valence electrons. The van der Waals surface area contributed by atoms with Gasteiger partial charge in [0, 0.05) is 23.9 Å². The molecule has 0 saturated heterocycles. The van der Waals surface area contributed by atoms with Crippen LogP contribution in [0, 0.1) is 13.8 Å². The predicted molar refractivity (Wildman–Crippen MR) is 81.8 cm³/mol. The lowest BCUT2D eigenvalue weighted by Gasteiger charge is -2.04. The molecule has 1 aromatic heterocycles. The number of hydrogen-bond donors (Lipinski definition) is 2. The molecular weight excluding hydrogens is 284 g/mol. The van der Waals surface area contributed by atoms with Gasteiger partial charge in [0.15, 0.2) is 0 Å². The third kappa shape index (κ3) is 3.21. The molecule has 0 atom stereocenters. The number of methoxy groups -OCH3 is 2. The fourth-order valence-electron chi connectivity index (χ4n) is 2.51. The molecule has 0 bridgehead atoms. The second-order valence-corrected chi connectivity index (χ2v) is 5.10. The first-order valence-electron chi connectivity index (χ1n) is 6.99. The van der Waals surface area contributed by atoms with E-state index in [0.29, 0.717) is 24.3 Å². The van der Waals surface area contributed by atoms with E-state index in [0.717, 1.165) is 22.5 Å². The second kappa shape index (κ2) is 6.51. The Morgan fingerprint density at radius 2 is 2.05 bits per heavy atom. The molecule has 0 fully saturated rings. The van der Waals surface area contributed by atoms with Gasteiger partial charge in [-0.2, -0.15) is 0 Å². The van der Waals surface area contributed by atoms with Crippen molar-refractivity contribution in [1.29, 1.82) is 0 Å². The van der Waals surface area contributed by atoms with Gasteiger partial charge in [-0.1, -0.05) is 0 Å². The zero-order valence-corrected chi connectivity index (χ0v) is 13.2. The quantitative estimate of drug-likeness (QED) is 0.812. The zero-order chi connectivity index (χ0) is 16.3. The Kier molecular flexibility index (Phi) is 4.70. The second-order valence-electron chi connectivity index (χ2n) is 5.10. The van der Waals surface area contributed by atoms with E-state index in [1.165, 1.54) is 20.3 Å². The Labute approximate surface area is 129 Å². The van der Waals surface area contributed by atoms with Gasteiger partial charge in [-0.25, -0.2) is 0 Å². The number of nitrogens with one attached hydrogen (secondary N) is 2. The third-order valence-corrected chi connectivity index (χ3v) is 3.73. The first-order chi connectivity index (χ1) is 10.5. The molecule has 1 amide bonds. The molecule has 0 saturated carbocycles. The van der Waals surface area contributed by atoms with Crippen LogP contribution >= 0.6 is 0 Å². The Morgan fingerprint density at radius 1 is 1.32 bits per heavy atom. The van der Waals surface area contributed by atoms with Crippen LogP contribution in [0.15, 0.2) is 17.5 Å². The molecule has 0 spiro atoms. The van der Waals surface area contributed by atoms with Crippen molar-refractivity contribution in [3.05, 3.63) is 40.0 Å². The van der Waals surface area contributed by atoms with Crippen molar-refractivity contribution in [3.8, 4) is 0 Å². The van der Waals surface area contributed by atoms with Crippen LogP contribution in [0.3, 0.4) is 0 Å². The molecule has 22 heavy (non-hydrogen) atoms. The summed E-state index contributed by atoms with van der Waals surface area (Å²) in [4.78, 5) is 26.0. The van der Waals surface area contributed by atoms with Gasteiger partial charge >= 0.3 is 5.97 Å². The van der Waals surface area contributed by atoms with E-state index < -0.39 is 0 Å². The minimum atomic E-state index is -0.229. The molecule has 1 aliphatic rings. The highest BCUT2D eigenvalue weighted by Crippen LogP contribution is 2.24. The summed E-state index contributed by atoms with van der Waals surface area (Å²) >= 11 is 0. The molecular formula is C16H20N2O4. The van der Waals surface area contributed by atoms with Gasteiger partial charge in [-0.3, -0.25) is 9.59 Å². The van der Waals surface area contributed by atoms with Crippen LogP contribution in [-0.4, -0.2) is 31.1 Å². The number of H-pyrrole nitrogens is 1. The standard InChI is InChI=1S/C16H20N2O4/c1-9-11(5-6-16(20)22-4)10(2)17-12(9)7-13-14(21-3)8-15(19)18-13/h7-8,17H,5-6H2,1-4H3,(H,18,19)/b13-7-. The Morgan fingerprint density at radius 3 is 2.68 bits per heavy atom. The molecule has 2 heterocycles. The number of aromatic nitrogens is 1. The largest absolute Gasteiger partial charge is 0.494 e. The van der Waals surface area contributed by atoms with Crippen LogP contribution < -0.4 is 5.32 Å². The lowest BCUT2D eigenvalue weighted by atomic mass is 10.0. The number of ether oxygens (including phenoxy) is 2. The molecule has 0 unspecified atom stereocenters. The molecule has 2 rings (SSSR count). The summed E-state index contributed by atoms with van der Waals surface area (Å²) in [6.07, 6.45) is 4.20. The highest BCUT2D eigenvalue weighted by Gasteiger charge is 2.19. The third-order valence-electron chi connectivity index (χ3n) is 3.73. The first-order valence-corrected chi connectivity index (χ1v) is 6.99. The molecule has 0 radical (unpaired) electrons. The molecule has 0 aliphatic carbocycles. The average Bonchev–Trinajstić information content (AvgIpc) is 2.97. The average molecular weight is 304 g/mol. The normalized spacial score (nSPS) is 15.7. The van der Waals surface area contributed by atoms with Crippen molar-refractivity contribution in [1.82, 2.24) is 10.3 Å². The van der Waals surface area contributed by atoms with E-state index in [2.05, 4.69) is 15.0 Å². The fourth-order valence-corrected chi connectivity index (χ4v) is 2.51. The Balaban J connectivity index is 2.25. The van der Waals surface area contributed by atoms with Crippen molar-refractivity contribution < 1.29 is 19.1 Å². The molecule has 0 aromatic carbocycles. The summed E-state index contributed by atoms with van der Waals surface area (Å²) in [5.74, 6) is 0.0790. The number of carbonyl (C=O) groups excluding carboxylic acids is 2. The van der Waals surface area contributed by atoms with E-state index in [9.17, 15) is 9.59 Å². The van der Waals surface area contributed by atoms with Crippen LogP contribution in [0.5, 0.6) is 0 Å². The van der Waals surface area contributed by atoms with E-state index in [1.807, 2.05) is 19.9 Å². The van der Waals surface area contributed by atoms with Crippen molar-refractivity contribution in [2.45, 2.75) is 26.7 Å². The molecule has 1 aromatic rings. The monoisotopic (exact) mass is 304 g/mol. The maximum atomic E-state index is 11.4. The number of aryl methyl sites for hydroxylation is 1. The first kappa shape index (κ1) is 15.9. The van der Waals surface area contributed by atoms with Crippen LogP contribution in [0.2, 0.25) is 0 Å². The number of hydrogen-bond acceptors (Lipinski definition) is 4. The molecule has 2 N–H and O–H groups in total. The number of aromatic amines is 1. The molecule has 1 aliphatic heterocycles. The lowest BCUT2D eigenvalue weighted by Crippen LogP contribution is -2.13. The smallest absolute Gasteiger partial charge is 0.305 e. The maximum absolute atomic E-state index is 11.4. The van der Waals surface area contributed by atoms with E-state index in [-0.39, 0.29) is 11.9 Å². The van der Waals surface area contributed by atoms with Crippen molar-refractivity contribution in [2.24, 2.45) is 0 Å². The number of esters is 1. The van der Waals surface area contributed by atoms with Gasteiger partial charge in [0.2, 0.25) is 0 Å². The minimum Gasteiger partial charge on any atom is -0.494 e. The van der Waals surface area contributed by atoms with Gasteiger partial charge < -0.3 is 19.8 Å². The van der Waals surface area contributed by atoms with E-state index >= 15 is 0 Å². The maximum Gasteiger partial charge on any atom is 0.305 e. The van der Waals surface area contributed by atoms with Gasteiger partial charge in [0.1, 0.15) is 5.76 Å². The number of carbonyl (C=O) groups is 2. The topological polar surface area (TPSA) is 80.4 Å². The summed E-state index contributed by atoms with van der Waals surface area (Å²) in [5.41, 5.74) is 4.64. The summed E-state index contributed by atoms with van der Waals surface area (Å²) in [5, 5.41) is 2.73. The van der Waals surface area contributed by atoms with Gasteiger partial charge in [-0.05, 0) is 37.5 Å². The van der Waals surface area contributed by atoms with Crippen LogP contribution in [0.25, 0.3) is 6.08 Å². The highest BCUT2D eigenvalue weighted by atomic mass is 16.5. The van der Waals surface area contributed by atoms with Crippen LogP contribution in [-0.2, 0) is 25.5 Å². The summed E-state index contributed by atoms with van der Waals surface area (Å²) in [7, 11) is 2.91. The number of rotatable bonds is 5. The minimum absolute atomic E-state index is 0.199. The van der Waals surface area contributed by atoms with E-state index in [4.69, 9.17) is 4.74 Å². The Hall–Kier alpha value is -2.50. The lowest BCUT2D eigenvalue weighted by molar-refractivity contribution is -0.140. The van der Waals surface area contributed by atoms with Crippen molar-refractivity contribution >= 4 is 18.0 Å². The van der Waals surface area contributed by atoms with Gasteiger partial charge in [0.25, 0.3) is 5.91 Å². The van der Waals surface area contributed by atoms with Gasteiger partial charge in [0.05, 0.1) is 19.9 Å². The van der Waals surface area contributed by atoms with E-state index in [1.54, 1.807) is 0 Å². The van der Waals surface area contributed by atoms with Crippen LogP contribution in [0.4, 0.5) is 0 Å². The van der Waals surface area contributed by atoms with Crippen LogP contribution in [0.1, 0.15) is 28.9 Å². The highest BCUT2D eigenvalue weighted by molar-refractivity contribution is 5.95. The zero-order valence-electron chi connectivity index (χ0n) is 13.2. The summed E-state index contributed by atoms with van der Waals surface area (Å²) in [6, 6.07) is 0. The fraction of sp³-hybridized carbons (Fsp3) is 0.375.